The van der Waals surface area contributed by atoms with Gasteiger partial charge in [-0.1, -0.05) is 0 Å². The molecule has 0 aliphatic rings. The molecule has 0 atom stereocenters. The molecule has 0 spiro atoms. The Morgan fingerprint density at radius 3 is 2.12 bits per heavy atom. The maximum atomic E-state index is 10.8. The molecule has 0 radical (unpaired) electrons. The number of hydrogen-bond acceptors (Lipinski definition) is 6. The second-order valence-electron chi connectivity index (χ2n) is 2.93. The van der Waals surface area contributed by atoms with Crippen LogP contribution >= 0.6 is 0 Å². The summed E-state index contributed by atoms with van der Waals surface area (Å²) in [4.78, 5) is -1.15. The van der Waals surface area contributed by atoms with E-state index in [0.717, 1.165) is 7.05 Å². The van der Waals surface area contributed by atoms with E-state index in [0.29, 0.717) is 12.3 Å². The van der Waals surface area contributed by atoms with E-state index in [9.17, 15) is 22.0 Å². The van der Waals surface area contributed by atoms with Crippen LogP contribution in [0.15, 0.2) is 20.5 Å². The third kappa shape index (κ3) is 3.26. The Bertz CT molecular complexity index is 611. The molecule has 11 heteroatoms. The SMILES string of the molecule is C[N+]([O-])=Cc1cc(S(=O)(=O)O)c(S(=O)(=O)O)o1. The van der Waals surface area contributed by atoms with Gasteiger partial charge >= 0.3 is 10.1 Å². The Morgan fingerprint density at radius 1 is 1.29 bits per heavy atom. The molecule has 0 saturated heterocycles. The fourth-order valence-electron chi connectivity index (χ4n) is 0.977. The van der Waals surface area contributed by atoms with Gasteiger partial charge in [0.25, 0.3) is 15.2 Å². The second-order valence-corrected chi connectivity index (χ2v) is 5.64. The average molecular weight is 285 g/mol. The minimum atomic E-state index is -4.98. The van der Waals surface area contributed by atoms with Crippen LogP contribution in [0.2, 0.25) is 0 Å². The van der Waals surface area contributed by atoms with Crippen molar-refractivity contribution in [1.29, 1.82) is 0 Å². The zero-order valence-corrected chi connectivity index (χ0v) is 9.90. The molecular weight excluding hydrogens is 278 g/mol. The molecule has 2 N–H and O–H groups in total. The third-order valence-corrected chi connectivity index (χ3v) is 3.27. The Balaban J connectivity index is 3.60. The largest absolute Gasteiger partial charge is 0.624 e. The summed E-state index contributed by atoms with van der Waals surface area (Å²) in [7, 11) is -8.85. The summed E-state index contributed by atoms with van der Waals surface area (Å²) in [6.45, 7) is 0. The summed E-state index contributed by atoms with van der Waals surface area (Å²) >= 11 is 0. The maximum absolute atomic E-state index is 10.8. The van der Waals surface area contributed by atoms with Crippen molar-refractivity contribution < 1.29 is 35.1 Å². The average Bonchev–Trinajstić information content (AvgIpc) is 2.44. The zero-order chi connectivity index (χ0) is 13.4. The summed E-state index contributed by atoms with van der Waals surface area (Å²) in [5, 5.41) is 9.26. The number of rotatable bonds is 3. The molecule has 1 rings (SSSR count). The second kappa shape index (κ2) is 4.10. The molecule has 0 bridgehead atoms. The van der Waals surface area contributed by atoms with Gasteiger partial charge in [0.1, 0.15) is 7.05 Å². The minimum Gasteiger partial charge on any atom is -0.624 e. The van der Waals surface area contributed by atoms with Crippen molar-refractivity contribution in [3.63, 3.8) is 0 Å². The van der Waals surface area contributed by atoms with Crippen LogP contribution in [-0.4, -0.2) is 43.9 Å². The molecule has 0 fully saturated rings. The van der Waals surface area contributed by atoms with Gasteiger partial charge < -0.3 is 9.62 Å². The summed E-state index contributed by atoms with van der Waals surface area (Å²) in [6.07, 6.45) is 0.712. The molecule has 9 nitrogen and oxygen atoms in total. The highest BCUT2D eigenvalue weighted by atomic mass is 32.2. The van der Waals surface area contributed by atoms with Gasteiger partial charge in [0, 0.05) is 6.07 Å². The molecule has 0 aliphatic heterocycles. The Morgan fingerprint density at radius 2 is 1.82 bits per heavy atom. The van der Waals surface area contributed by atoms with Gasteiger partial charge in [0.2, 0.25) is 6.21 Å². The Kier molecular flexibility index (Phi) is 3.29. The van der Waals surface area contributed by atoms with Crippen molar-refractivity contribution in [2.24, 2.45) is 0 Å². The van der Waals surface area contributed by atoms with Crippen LogP contribution in [0.3, 0.4) is 0 Å². The van der Waals surface area contributed by atoms with Crippen molar-refractivity contribution >= 4 is 26.5 Å². The molecule has 0 aromatic carbocycles. The number of hydrogen-bond donors (Lipinski definition) is 2. The van der Waals surface area contributed by atoms with E-state index in [1.807, 2.05) is 0 Å². The monoisotopic (exact) mass is 285 g/mol. The first-order valence-electron chi connectivity index (χ1n) is 3.85. The molecule has 0 amide bonds. The number of hydroxylamine groups is 1. The molecule has 1 aromatic rings. The summed E-state index contributed by atoms with van der Waals surface area (Å²) in [5.74, 6) is -0.456. The maximum Gasteiger partial charge on any atom is 0.329 e. The first-order chi connectivity index (χ1) is 7.51. The van der Waals surface area contributed by atoms with Crippen LogP contribution in [-0.2, 0) is 20.2 Å². The Labute approximate surface area is 96.1 Å². The fourth-order valence-corrected chi connectivity index (χ4v) is 2.64. The first-order valence-corrected chi connectivity index (χ1v) is 6.73. The van der Waals surface area contributed by atoms with Crippen LogP contribution in [0.5, 0.6) is 0 Å². The van der Waals surface area contributed by atoms with Crippen molar-refractivity contribution in [2.45, 2.75) is 9.99 Å². The van der Waals surface area contributed by atoms with E-state index in [-0.39, 0.29) is 4.74 Å². The molecule has 0 unspecified atom stereocenters. The highest BCUT2D eigenvalue weighted by molar-refractivity contribution is 7.88. The van der Waals surface area contributed by atoms with Gasteiger partial charge in [-0.3, -0.25) is 9.11 Å². The van der Waals surface area contributed by atoms with Gasteiger partial charge in [0.15, 0.2) is 10.7 Å². The van der Waals surface area contributed by atoms with E-state index < -0.39 is 36.0 Å². The fraction of sp³-hybridized carbons (Fsp3) is 0.167. The lowest BCUT2D eigenvalue weighted by atomic mass is 10.5. The van der Waals surface area contributed by atoms with E-state index in [2.05, 4.69) is 4.42 Å². The van der Waals surface area contributed by atoms with Crippen LogP contribution in [0.1, 0.15) is 5.76 Å². The molecular formula is C6H7NO8S2. The van der Waals surface area contributed by atoms with Gasteiger partial charge in [-0.2, -0.15) is 16.8 Å². The smallest absolute Gasteiger partial charge is 0.329 e. The van der Waals surface area contributed by atoms with Crippen LogP contribution in [0.4, 0.5) is 0 Å². The topological polar surface area (TPSA) is 148 Å². The number of nitrogens with zero attached hydrogens (tertiary/aromatic N) is 1. The highest BCUT2D eigenvalue weighted by Gasteiger charge is 2.30. The van der Waals surface area contributed by atoms with E-state index in [1.165, 1.54) is 0 Å². The van der Waals surface area contributed by atoms with Crippen molar-refractivity contribution in [3.8, 4) is 0 Å². The Hall–Kier alpha value is -1.43. The molecule has 1 aromatic heterocycles. The standard InChI is InChI=1S/C6H7NO8S2/c1-7(8)3-4-2-5(16(9,10)11)6(15-4)17(12,13)14/h2-3H,1H3,(H,9,10,11)(H,12,13,14). The van der Waals surface area contributed by atoms with Crippen LogP contribution in [0.25, 0.3) is 0 Å². The van der Waals surface area contributed by atoms with E-state index in [4.69, 9.17) is 9.11 Å². The normalized spacial score (nSPS) is 13.9. The van der Waals surface area contributed by atoms with Crippen molar-refractivity contribution in [2.75, 3.05) is 7.05 Å². The predicted octanol–water partition coefficient (Wildman–Crippen LogP) is -0.668. The van der Waals surface area contributed by atoms with Crippen molar-refractivity contribution in [1.82, 2.24) is 0 Å². The van der Waals surface area contributed by atoms with Gasteiger partial charge in [-0.25, -0.2) is 4.74 Å². The first kappa shape index (κ1) is 13.6. The number of furan rings is 1. The van der Waals surface area contributed by atoms with E-state index >= 15 is 0 Å². The summed E-state index contributed by atoms with van der Waals surface area (Å²) in [5.41, 5.74) is 0. The van der Waals surface area contributed by atoms with Crippen molar-refractivity contribution in [3.05, 3.63) is 17.0 Å². The zero-order valence-electron chi connectivity index (χ0n) is 8.26. The lowest BCUT2D eigenvalue weighted by molar-refractivity contribution is -0.417. The summed E-state index contributed by atoms with van der Waals surface area (Å²) in [6, 6.07) is 0.590. The van der Waals surface area contributed by atoms with Gasteiger partial charge in [0.05, 0.1) is 0 Å². The van der Waals surface area contributed by atoms with E-state index in [1.54, 1.807) is 0 Å². The molecule has 0 saturated carbocycles. The minimum absolute atomic E-state index is 0.209. The molecule has 1 heterocycles. The van der Waals surface area contributed by atoms with Gasteiger partial charge in [-0.15, -0.1) is 0 Å². The predicted molar refractivity (Wildman–Crippen MR) is 53.1 cm³/mol. The van der Waals surface area contributed by atoms with Gasteiger partial charge in [-0.05, 0) is 0 Å². The van der Waals surface area contributed by atoms with Crippen LogP contribution < -0.4 is 0 Å². The van der Waals surface area contributed by atoms with Crippen LogP contribution in [0, 0.1) is 5.21 Å². The molecule has 0 aliphatic carbocycles. The lowest BCUT2D eigenvalue weighted by Crippen LogP contribution is -2.05. The quantitative estimate of drug-likeness (QED) is 0.244. The molecule has 96 valence electrons. The third-order valence-electron chi connectivity index (χ3n) is 1.51. The lowest BCUT2D eigenvalue weighted by Gasteiger charge is -1.94. The summed E-state index contributed by atoms with van der Waals surface area (Å²) < 4.78 is 65.2. The molecule has 17 heavy (non-hydrogen) atoms. The highest BCUT2D eigenvalue weighted by Crippen LogP contribution is 2.24.